The summed E-state index contributed by atoms with van der Waals surface area (Å²) in [4.78, 5) is 0. The first-order valence-electron chi connectivity index (χ1n) is 6.49. The van der Waals surface area contributed by atoms with Crippen LogP contribution in [0.5, 0.6) is 0 Å². The Hall–Kier alpha value is -0.505. The summed E-state index contributed by atoms with van der Waals surface area (Å²) >= 11 is 0. The lowest BCUT2D eigenvalue weighted by Crippen LogP contribution is -2.33. The molecule has 1 rings (SSSR count). The van der Waals surface area contributed by atoms with Gasteiger partial charge < -0.3 is 0 Å². The van der Waals surface area contributed by atoms with Crippen molar-refractivity contribution in [2.75, 3.05) is 0 Å². The minimum Gasteiger partial charge on any atom is -0.169 e. The largest absolute Gasteiger partial charge is 0.246 e. The van der Waals surface area contributed by atoms with Crippen molar-refractivity contribution in [3.63, 3.8) is 0 Å². The third kappa shape index (κ3) is 3.24. The smallest absolute Gasteiger partial charge is 0.169 e. The molecule has 0 aromatic heterocycles. The summed E-state index contributed by atoms with van der Waals surface area (Å²) in [6, 6.07) is 0. The standard InChI is InChI=1S/C13H22B3/c1-10(2)12-9-16(6)13(11(3)4)15(5)8-7-14-12/h9-11,13H,1-6H3/b12-9-. The Bertz CT molecular complexity index is 320. The van der Waals surface area contributed by atoms with Gasteiger partial charge in [-0.05, 0) is 5.92 Å². The molecule has 0 bridgehead atoms. The van der Waals surface area contributed by atoms with E-state index in [2.05, 4.69) is 66.2 Å². The first-order valence-corrected chi connectivity index (χ1v) is 6.49. The van der Waals surface area contributed by atoms with Gasteiger partial charge >= 0.3 is 0 Å². The van der Waals surface area contributed by atoms with Crippen LogP contribution in [-0.4, -0.2) is 20.7 Å². The first-order chi connectivity index (χ1) is 7.43. The monoisotopic (exact) mass is 211 g/mol. The van der Waals surface area contributed by atoms with Crippen LogP contribution in [0.4, 0.5) is 0 Å². The van der Waals surface area contributed by atoms with Crippen molar-refractivity contribution in [2.24, 2.45) is 11.8 Å². The topological polar surface area (TPSA) is 0 Å². The van der Waals surface area contributed by atoms with Crippen LogP contribution in [0.15, 0.2) is 11.4 Å². The minimum absolute atomic E-state index is 0.496. The molecule has 1 heterocycles. The maximum absolute atomic E-state index is 3.38. The molecule has 0 N–H and O–H groups in total. The number of hydrogen-bond acceptors (Lipinski definition) is 0. The third-order valence-corrected chi connectivity index (χ3v) is 3.63. The third-order valence-electron chi connectivity index (χ3n) is 3.63. The SMILES string of the molecule is CB1C#C[B]/C(C(C)C)=C\B(C)C1C(C)C. The summed E-state index contributed by atoms with van der Waals surface area (Å²) in [5.74, 6) is 10.3. The summed E-state index contributed by atoms with van der Waals surface area (Å²) in [6.45, 7) is 14.8. The molecule has 0 saturated carbocycles. The number of allylic oxidation sites excluding steroid dienone is 1. The van der Waals surface area contributed by atoms with Gasteiger partial charge in [-0.15, -0.1) is 11.4 Å². The van der Waals surface area contributed by atoms with Gasteiger partial charge in [0.1, 0.15) is 0 Å². The molecule has 0 amide bonds. The van der Waals surface area contributed by atoms with Crippen molar-refractivity contribution in [1.29, 1.82) is 0 Å². The summed E-state index contributed by atoms with van der Waals surface area (Å²) < 4.78 is 0. The van der Waals surface area contributed by atoms with E-state index < -0.39 is 0 Å². The molecule has 0 saturated heterocycles. The van der Waals surface area contributed by atoms with Gasteiger partial charge in [-0.1, -0.05) is 53.0 Å². The Morgan fingerprint density at radius 2 is 1.88 bits per heavy atom. The van der Waals surface area contributed by atoms with E-state index in [9.17, 15) is 0 Å². The van der Waals surface area contributed by atoms with Crippen LogP contribution in [0.3, 0.4) is 0 Å². The molecule has 0 aliphatic carbocycles. The minimum atomic E-state index is 0.496. The van der Waals surface area contributed by atoms with Crippen LogP contribution in [0.25, 0.3) is 0 Å². The van der Waals surface area contributed by atoms with E-state index in [0.717, 1.165) is 0 Å². The molecule has 1 aliphatic heterocycles. The van der Waals surface area contributed by atoms with Gasteiger partial charge in [0, 0.05) is 0 Å². The highest BCUT2D eigenvalue weighted by Crippen LogP contribution is 2.27. The van der Waals surface area contributed by atoms with Crippen molar-refractivity contribution in [2.45, 2.75) is 47.1 Å². The first kappa shape index (κ1) is 13.6. The lowest BCUT2D eigenvalue weighted by molar-refractivity contribution is 0.684. The molecule has 16 heavy (non-hydrogen) atoms. The van der Waals surface area contributed by atoms with Gasteiger partial charge in [-0.3, -0.25) is 0 Å². The normalized spacial score (nSPS) is 24.2. The van der Waals surface area contributed by atoms with Crippen molar-refractivity contribution >= 4 is 20.7 Å². The fourth-order valence-corrected chi connectivity index (χ4v) is 2.81. The Labute approximate surface area is 103 Å². The van der Waals surface area contributed by atoms with Crippen LogP contribution in [0.1, 0.15) is 27.7 Å². The average molecular weight is 211 g/mol. The van der Waals surface area contributed by atoms with Crippen molar-refractivity contribution in [1.82, 2.24) is 0 Å². The number of hydrogen-bond donors (Lipinski definition) is 0. The van der Waals surface area contributed by atoms with Gasteiger partial charge in [-0.2, -0.15) is 11.6 Å². The predicted octanol–water partition coefficient (Wildman–Crippen LogP) is 3.10. The molecular formula is C13H22B3. The molecule has 0 aromatic carbocycles. The summed E-state index contributed by atoms with van der Waals surface area (Å²) in [6.07, 6.45) is 0. The Morgan fingerprint density at radius 3 is 2.38 bits per heavy atom. The van der Waals surface area contributed by atoms with Crippen molar-refractivity contribution in [3.8, 4) is 11.6 Å². The fourth-order valence-electron chi connectivity index (χ4n) is 2.81. The van der Waals surface area contributed by atoms with E-state index in [0.29, 0.717) is 31.0 Å². The zero-order valence-corrected chi connectivity index (χ0v) is 11.5. The van der Waals surface area contributed by atoms with Gasteiger partial charge in [0.25, 0.3) is 0 Å². The molecule has 83 valence electrons. The van der Waals surface area contributed by atoms with Crippen LogP contribution in [-0.2, 0) is 0 Å². The molecule has 1 aliphatic rings. The summed E-state index contributed by atoms with van der Waals surface area (Å²) in [5, 5.41) is 0. The summed E-state index contributed by atoms with van der Waals surface area (Å²) in [7, 11) is 2.11. The summed E-state index contributed by atoms with van der Waals surface area (Å²) in [5.41, 5.74) is 2.08. The second-order valence-corrected chi connectivity index (χ2v) is 5.72. The molecule has 1 radical (unpaired) electrons. The fraction of sp³-hybridized carbons (Fsp3) is 0.692. The van der Waals surface area contributed by atoms with E-state index in [4.69, 9.17) is 0 Å². The zero-order valence-electron chi connectivity index (χ0n) is 11.5. The van der Waals surface area contributed by atoms with Gasteiger partial charge in [0.2, 0.25) is 14.0 Å². The van der Waals surface area contributed by atoms with Crippen LogP contribution in [0.2, 0.25) is 19.4 Å². The highest BCUT2D eigenvalue weighted by molar-refractivity contribution is 6.87. The average Bonchev–Trinajstić information content (AvgIpc) is 2.12. The molecule has 0 nitrogen and oxygen atoms in total. The Kier molecular flexibility index (Phi) is 4.84. The second kappa shape index (κ2) is 5.71. The molecular weight excluding hydrogens is 189 g/mol. The molecule has 0 fully saturated rings. The maximum Gasteiger partial charge on any atom is 0.246 e. The lowest BCUT2D eigenvalue weighted by Gasteiger charge is -2.27. The van der Waals surface area contributed by atoms with E-state index >= 15 is 0 Å². The molecule has 1 atom stereocenters. The Morgan fingerprint density at radius 1 is 1.25 bits per heavy atom. The van der Waals surface area contributed by atoms with E-state index in [1.807, 2.05) is 0 Å². The maximum atomic E-state index is 3.38. The van der Waals surface area contributed by atoms with Crippen LogP contribution < -0.4 is 0 Å². The van der Waals surface area contributed by atoms with Gasteiger partial charge in [-0.25, -0.2) is 0 Å². The van der Waals surface area contributed by atoms with E-state index in [1.54, 1.807) is 0 Å². The predicted molar refractivity (Wildman–Crippen MR) is 78.3 cm³/mol. The lowest BCUT2D eigenvalue weighted by atomic mass is 9.20. The zero-order chi connectivity index (χ0) is 12.3. The van der Waals surface area contributed by atoms with Gasteiger partial charge in [0.15, 0.2) is 6.71 Å². The molecule has 3 heteroatoms. The molecule has 0 spiro atoms. The molecule has 0 aromatic rings. The van der Waals surface area contributed by atoms with E-state index in [1.165, 1.54) is 5.47 Å². The van der Waals surface area contributed by atoms with Gasteiger partial charge in [0.05, 0.1) is 0 Å². The highest BCUT2D eigenvalue weighted by Gasteiger charge is 2.30. The Balaban J connectivity index is 2.99. The van der Waals surface area contributed by atoms with Crippen molar-refractivity contribution in [3.05, 3.63) is 11.4 Å². The quantitative estimate of drug-likeness (QED) is 0.486. The van der Waals surface area contributed by atoms with Crippen LogP contribution in [0, 0.1) is 23.5 Å². The second-order valence-electron chi connectivity index (χ2n) is 5.72. The van der Waals surface area contributed by atoms with Crippen molar-refractivity contribution < 1.29 is 0 Å². The number of rotatable bonds is 2. The van der Waals surface area contributed by atoms with E-state index in [-0.39, 0.29) is 0 Å². The highest BCUT2D eigenvalue weighted by atomic mass is 14.0. The molecule has 1 unspecified atom stereocenters. The van der Waals surface area contributed by atoms with Crippen LogP contribution >= 0.6 is 0 Å².